The number of nitro groups is 1. The Labute approximate surface area is 120 Å². The fraction of sp³-hybridized carbons (Fsp3) is 0.0714. The summed E-state index contributed by atoms with van der Waals surface area (Å²) in [7, 11) is 1.58. The zero-order chi connectivity index (χ0) is 14.5. The van der Waals surface area contributed by atoms with Crippen molar-refractivity contribution in [3.63, 3.8) is 0 Å². The number of hydrogen-bond acceptors (Lipinski definition) is 4. The zero-order valence-corrected chi connectivity index (χ0v) is 11.4. The van der Waals surface area contributed by atoms with Crippen LogP contribution in [0.4, 0.5) is 11.4 Å². The van der Waals surface area contributed by atoms with Gasteiger partial charge in [0.05, 0.1) is 17.7 Å². The van der Waals surface area contributed by atoms with E-state index in [9.17, 15) is 10.1 Å². The number of aliphatic imine (C=N–C) groups is 1. The number of non-ortho nitro benzene ring substituents is 1. The molecule has 5 nitrogen and oxygen atoms in total. The fourth-order valence-electron chi connectivity index (χ4n) is 1.58. The van der Waals surface area contributed by atoms with E-state index in [2.05, 4.69) is 4.99 Å². The molecule has 0 saturated heterocycles. The Morgan fingerprint density at radius 3 is 2.55 bits per heavy atom. The molecule has 0 aliphatic heterocycles. The minimum atomic E-state index is -0.471. The third kappa shape index (κ3) is 3.33. The van der Waals surface area contributed by atoms with Gasteiger partial charge in [0.25, 0.3) is 5.69 Å². The molecule has 102 valence electrons. The zero-order valence-electron chi connectivity index (χ0n) is 10.6. The minimum absolute atomic E-state index is 0.0226. The lowest BCUT2D eigenvalue weighted by Crippen LogP contribution is -1.94. The highest BCUT2D eigenvalue weighted by Gasteiger charge is 2.08. The molecular formula is C14H11ClN2O3. The molecule has 2 rings (SSSR count). The second-order valence-electron chi connectivity index (χ2n) is 3.91. The summed E-state index contributed by atoms with van der Waals surface area (Å²) in [5, 5.41) is 10.9. The summed E-state index contributed by atoms with van der Waals surface area (Å²) in [6.07, 6.45) is 0. The van der Waals surface area contributed by atoms with Crippen LogP contribution in [0.3, 0.4) is 0 Å². The lowest BCUT2D eigenvalue weighted by molar-refractivity contribution is -0.384. The number of nitro benzene ring substituents is 1. The van der Waals surface area contributed by atoms with Gasteiger partial charge < -0.3 is 4.74 Å². The molecule has 0 aliphatic rings. The van der Waals surface area contributed by atoms with Crippen molar-refractivity contribution >= 4 is 28.1 Å². The number of nitrogens with zero attached hydrogens (tertiary/aromatic N) is 2. The van der Waals surface area contributed by atoms with Crippen molar-refractivity contribution in [2.24, 2.45) is 4.99 Å². The molecule has 0 bridgehead atoms. The average Bonchev–Trinajstić information content (AvgIpc) is 2.48. The molecule has 0 aliphatic carbocycles. The molecule has 2 aromatic carbocycles. The van der Waals surface area contributed by atoms with Gasteiger partial charge in [0.1, 0.15) is 10.9 Å². The van der Waals surface area contributed by atoms with Gasteiger partial charge in [0, 0.05) is 17.7 Å². The summed E-state index contributed by atoms with van der Waals surface area (Å²) in [6.45, 7) is 0. The molecule has 0 amide bonds. The Balaban J connectivity index is 2.29. The quantitative estimate of drug-likeness (QED) is 0.487. The molecule has 0 heterocycles. The molecule has 0 unspecified atom stereocenters. The van der Waals surface area contributed by atoms with Gasteiger partial charge in [0.2, 0.25) is 0 Å². The molecule has 0 radical (unpaired) electrons. The van der Waals surface area contributed by atoms with Crippen LogP contribution in [0.1, 0.15) is 5.56 Å². The maximum absolute atomic E-state index is 10.7. The third-order valence-electron chi connectivity index (χ3n) is 2.59. The summed E-state index contributed by atoms with van der Waals surface area (Å²) in [5.41, 5.74) is 1.12. The SMILES string of the molecule is COc1ccc(/N=C(\Cl)c2cccc([N+](=O)[O-])c2)cc1. The first-order valence-corrected chi connectivity index (χ1v) is 6.11. The van der Waals surface area contributed by atoms with Gasteiger partial charge in [-0.05, 0) is 24.3 Å². The van der Waals surface area contributed by atoms with E-state index in [0.29, 0.717) is 11.3 Å². The number of methoxy groups -OCH3 is 1. The Morgan fingerprint density at radius 2 is 1.95 bits per heavy atom. The second-order valence-corrected chi connectivity index (χ2v) is 4.27. The van der Waals surface area contributed by atoms with Gasteiger partial charge >= 0.3 is 0 Å². The van der Waals surface area contributed by atoms with Gasteiger partial charge in [-0.2, -0.15) is 0 Å². The van der Waals surface area contributed by atoms with Crippen molar-refractivity contribution < 1.29 is 9.66 Å². The monoisotopic (exact) mass is 290 g/mol. The first-order chi connectivity index (χ1) is 9.60. The van der Waals surface area contributed by atoms with E-state index >= 15 is 0 Å². The van der Waals surface area contributed by atoms with E-state index < -0.39 is 4.92 Å². The maximum Gasteiger partial charge on any atom is 0.270 e. The van der Waals surface area contributed by atoms with Crippen molar-refractivity contribution in [1.29, 1.82) is 0 Å². The molecule has 0 aromatic heterocycles. The van der Waals surface area contributed by atoms with Crippen LogP contribution in [-0.4, -0.2) is 17.2 Å². The van der Waals surface area contributed by atoms with E-state index in [1.54, 1.807) is 43.5 Å². The Hall–Kier alpha value is -2.40. The smallest absolute Gasteiger partial charge is 0.270 e. The Kier molecular flexibility index (Phi) is 4.32. The first-order valence-electron chi connectivity index (χ1n) is 5.73. The van der Waals surface area contributed by atoms with E-state index in [0.717, 1.165) is 5.75 Å². The molecule has 0 fully saturated rings. The van der Waals surface area contributed by atoms with Crippen LogP contribution in [-0.2, 0) is 0 Å². The molecule has 0 saturated carbocycles. The fourth-order valence-corrected chi connectivity index (χ4v) is 1.80. The largest absolute Gasteiger partial charge is 0.497 e. The number of ether oxygens (including phenoxy) is 1. The van der Waals surface area contributed by atoms with Gasteiger partial charge in [-0.25, -0.2) is 4.99 Å². The summed E-state index contributed by atoms with van der Waals surface area (Å²) in [4.78, 5) is 14.5. The molecule has 6 heteroatoms. The number of halogens is 1. The van der Waals surface area contributed by atoms with Crippen molar-refractivity contribution in [2.75, 3.05) is 7.11 Å². The number of hydrogen-bond donors (Lipinski definition) is 0. The van der Waals surface area contributed by atoms with Crippen molar-refractivity contribution in [3.8, 4) is 5.75 Å². The summed E-state index contributed by atoms with van der Waals surface area (Å²) >= 11 is 6.09. The van der Waals surface area contributed by atoms with Crippen LogP contribution >= 0.6 is 11.6 Å². The van der Waals surface area contributed by atoms with Crippen LogP contribution in [0.15, 0.2) is 53.5 Å². The van der Waals surface area contributed by atoms with Crippen LogP contribution in [0.5, 0.6) is 5.75 Å². The lowest BCUT2D eigenvalue weighted by Gasteiger charge is -2.01. The van der Waals surface area contributed by atoms with E-state index in [-0.39, 0.29) is 10.9 Å². The lowest BCUT2D eigenvalue weighted by atomic mass is 10.2. The van der Waals surface area contributed by atoms with E-state index in [4.69, 9.17) is 16.3 Å². The van der Waals surface area contributed by atoms with Crippen LogP contribution in [0, 0.1) is 10.1 Å². The topological polar surface area (TPSA) is 64.7 Å². The molecule has 0 atom stereocenters. The van der Waals surface area contributed by atoms with Gasteiger partial charge in [-0.15, -0.1) is 0 Å². The van der Waals surface area contributed by atoms with Gasteiger partial charge in [-0.1, -0.05) is 23.7 Å². The average molecular weight is 291 g/mol. The number of benzene rings is 2. The van der Waals surface area contributed by atoms with Gasteiger partial charge in [0.15, 0.2) is 0 Å². The molecular weight excluding hydrogens is 280 g/mol. The predicted molar refractivity (Wildman–Crippen MR) is 78.1 cm³/mol. The molecule has 2 aromatic rings. The van der Waals surface area contributed by atoms with Crippen molar-refractivity contribution in [1.82, 2.24) is 0 Å². The first kappa shape index (κ1) is 14.0. The molecule has 0 spiro atoms. The summed E-state index contributed by atoms with van der Waals surface area (Å²) < 4.78 is 5.04. The van der Waals surface area contributed by atoms with Crippen LogP contribution in [0.25, 0.3) is 0 Å². The standard InChI is InChI=1S/C14H11ClN2O3/c1-20-13-7-5-11(6-8-13)16-14(15)10-3-2-4-12(9-10)17(18)19/h2-9H,1H3/b16-14-. The summed E-state index contributed by atoms with van der Waals surface area (Å²) in [5.74, 6) is 0.718. The second kappa shape index (κ2) is 6.16. The highest BCUT2D eigenvalue weighted by atomic mass is 35.5. The predicted octanol–water partition coefficient (Wildman–Crippen LogP) is 3.92. The Bertz CT molecular complexity index is 654. The van der Waals surface area contributed by atoms with Crippen LogP contribution in [0.2, 0.25) is 0 Å². The minimum Gasteiger partial charge on any atom is -0.497 e. The van der Waals surface area contributed by atoms with E-state index in [1.165, 1.54) is 12.1 Å². The Morgan fingerprint density at radius 1 is 1.25 bits per heavy atom. The van der Waals surface area contributed by atoms with E-state index in [1.807, 2.05) is 0 Å². The van der Waals surface area contributed by atoms with Gasteiger partial charge in [-0.3, -0.25) is 10.1 Å². The highest BCUT2D eigenvalue weighted by molar-refractivity contribution is 6.69. The van der Waals surface area contributed by atoms with Crippen molar-refractivity contribution in [2.45, 2.75) is 0 Å². The molecule has 0 N–H and O–H groups in total. The highest BCUT2D eigenvalue weighted by Crippen LogP contribution is 2.21. The van der Waals surface area contributed by atoms with Crippen LogP contribution < -0.4 is 4.74 Å². The maximum atomic E-state index is 10.7. The summed E-state index contributed by atoms with van der Waals surface area (Å²) in [6, 6.07) is 13.0. The molecule has 20 heavy (non-hydrogen) atoms. The van der Waals surface area contributed by atoms with Crippen molar-refractivity contribution in [3.05, 3.63) is 64.2 Å². The number of rotatable bonds is 4. The third-order valence-corrected chi connectivity index (χ3v) is 2.90. The normalized spacial score (nSPS) is 11.2.